The van der Waals surface area contributed by atoms with Crippen LogP contribution in [0.5, 0.6) is 0 Å². The lowest BCUT2D eigenvalue weighted by Crippen LogP contribution is -2.10. The lowest BCUT2D eigenvalue weighted by atomic mass is 9.90. The number of benzene rings is 1. The average Bonchev–Trinajstić information content (AvgIpc) is 2.39. The summed E-state index contributed by atoms with van der Waals surface area (Å²) < 4.78 is 5.63. The molecule has 1 heterocycles. The quantitative estimate of drug-likeness (QED) is 0.724. The molecule has 0 atom stereocenters. The SMILES string of the molecule is O=c1c(CCl)coc2c3c(ccc12)CCCC3. The van der Waals surface area contributed by atoms with Gasteiger partial charge in [0.05, 0.1) is 23.1 Å². The molecule has 0 aliphatic heterocycles. The summed E-state index contributed by atoms with van der Waals surface area (Å²) in [5.41, 5.74) is 3.85. The molecule has 1 aliphatic carbocycles. The molecule has 0 fully saturated rings. The van der Waals surface area contributed by atoms with Crippen molar-refractivity contribution in [2.45, 2.75) is 31.6 Å². The first-order chi connectivity index (χ1) is 8.31. The molecule has 0 bridgehead atoms. The molecule has 0 N–H and O–H groups in total. The summed E-state index contributed by atoms with van der Waals surface area (Å²) in [5.74, 6) is 0.204. The first-order valence-corrected chi connectivity index (χ1v) is 6.46. The molecule has 0 spiro atoms. The van der Waals surface area contributed by atoms with Crippen LogP contribution in [0.3, 0.4) is 0 Å². The number of halogens is 1. The van der Waals surface area contributed by atoms with Crippen molar-refractivity contribution in [3.8, 4) is 0 Å². The molecule has 0 unspecified atom stereocenters. The molecule has 1 aliphatic rings. The van der Waals surface area contributed by atoms with Gasteiger partial charge in [-0.05, 0) is 42.9 Å². The van der Waals surface area contributed by atoms with Gasteiger partial charge in [0.1, 0.15) is 5.58 Å². The van der Waals surface area contributed by atoms with Crippen LogP contribution < -0.4 is 5.43 Å². The van der Waals surface area contributed by atoms with Crippen molar-refractivity contribution in [2.24, 2.45) is 0 Å². The summed E-state index contributed by atoms with van der Waals surface area (Å²) in [6.45, 7) is 0. The van der Waals surface area contributed by atoms with E-state index in [2.05, 4.69) is 6.07 Å². The Labute approximate surface area is 104 Å². The van der Waals surface area contributed by atoms with Gasteiger partial charge in [0.2, 0.25) is 0 Å². The average molecular weight is 249 g/mol. The highest BCUT2D eigenvalue weighted by Gasteiger charge is 2.16. The van der Waals surface area contributed by atoms with Crippen LogP contribution in [0.2, 0.25) is 0 Å². The Bertz CT molecular complexity index is 628. The van der Waals surface area contributed by atoms with Crippen molar-refractivity contribution in [3.05, 3.63) is 45.3 Å². The fourth-order valence-electron chi connectivity index (χ4n) is 2.56. The maximum Gasteiger partial charge on any atom is 0.197 e. The van der Waals surface area contributed by atoms with Crippen molar-refractivity contribution in [1.82, 2.24) is 0 Å². The van der Waals surface area contributed by atoms with Crippen molar-refractivity contribution < 1.29 is 4.42 Å². The van der Waals surface area contributed by atoms with Crippen LogP contribution in [0.25, 0.3) is 11.0 Å². The van der Waals surface area contributed by atoms with E-state index < -0.39 is 0 Å². The van der Waals surface area contributed by atoms with E-state index in [9.17, 15) is 4.79 Å². The molecular formula is C14H13ClO2. The third-order valence-corrected chi connectivity index (χ3v) is 3.77. The Morgan fingerprint density at radius 3 is 2.88 bits per heavy atom. The summed E-state index contributed by atoms with van der Waals surface area (Å²) in [6, 6.07) is 3.94. The third kappa shape index (κ3) is 1.67. The summed E-state index contributed by atoms with van der Waals surface area (Å²) in [4.78, 5) is 12.1. The Hall–Kier alpha value is -1.28. The van der Waals surface area contributed by atoms with E-state index in [-0.39, 0.29) is 11.3 Å². The largest absolute Gasteiger partial charge is 0.463 e. The van der Waals surface area contributed by atoms with Gasteiger partial charge in [-0.2, -0.15) is 0 Å². The van der Waals surface area contributed by atoms with Crippen LogP contribution >= 0.6 is 11.6 Å². The molecule has 0 saturated carbocycles. The summed E-state index contributed by atoms with van der Waals surface area (Å²) in [7, 11) is 0. The number of rotatable bonds is 1. The van der Waals surface area contributed by atoms with Crippen LogP contribution in [0.4, 0.5) is 0 Å². The van der Waals surface area contributed by atoms with E-state index in [0.29, 0.717) is 10.9 Å². The van der Waals surface area contributed by atoms with Gasteiger partial charge in [-0.25, -0.2) is 0 Å². The molecule has 88 valence electrons. The van der Waals surface area contributed by atoms with Crippen molar-refractivity contribution in [1.29, 1.82) is 0 Å². The Morgan fingerprint density at radius 1 is 1.24 bits per heavy atom. The number of alkyl halides is 1. The normalized spacial score (nSPS) is 14.9. The van der Waals surface area contributed by atoms with Crippen molar-refractivity contribution >= 4 is 22.6 Å². The summed E-state index contributed by atoms with van der Waals surface area (Å²) in [6.07, 6.45) is 6.00. The molecule has 2 nitrogen and oxygen atoms in total. The fraction of sp³-hybridized carbons (Fsp3) is 0.357. The van der Waals surface area contributed by atoms with Gasteiger partial charge in [0.25, 0.3) is 0 Å². The Morgan fingerprint density at radius 2 is 2.06 bits per heavy atom. The van der Waals surface area contributed by atoms with E-state index >= 15 is 0 Å². The Kier molecular flexibility index (Phi) is 2.67. The van der Waals surface area contributed by atoms with E-state index in [0.717, 1.165) is 18.4 Å². The molecule has 2 aromatic rings. The van der Waals surface area contributed by atoms with E-state index in [1.54, 1.807) is 0 Å². The maximum atomic E-state index is 12.1. The van der Waals surface area contributed by atoms with E-state index in [4.69, 9.17) is 16.0 Å². The summed E-state index contributed by atoms with van der Waals surface area (Å²) in [5, 5.41) is 0.670. The lowest BCUT2D eigenvalue weighted by Gasteiger charge is -2.16. The van der Waals surface area contributed by atoms with Crippen LogP contribution in [-0.4, -0.2) is 0 Å². The molecular weight excluding hydrogens is 236 g/mol. The number of hydrogen-bond donors (Lipinski definition) is 0. The van der Waals surface area contributed by atoms with Crippen LogP contribution in [0.1, 0.15) is 29.5 Å². The van der Waals surface area contributed by atoms with Gasteiger partial charge < -0.3 is 4.42 Å². The van der Waals surface area contributed by atoms with Gasteiger partial charge in [0.15, 0.2) is 5.43 Å². The fourth-order valence-corrected chi connectivity index (χ4v) is 2.74. The van der Waals surface area contributed by atoms with Crippen LogP contribution in [-0.2, 0) is 18.7 Å². The van der Waals surface area contributed by atoms with Crippen molar-refractivity contribution in [3.63, 3.8) is 0 Å². The number of aryl methyl sites for hydroxylation is 2. The first kappa shape index (κ1) is 10.8. The molecule has 3 rings (SSSR count). The Balaban J connectivity index is 2.35. The minimum Gasteiger partial charge on any atom is -0.463 e. The molecule has 3 heteroatoms. The zero-order chi connectivity index (χ0) is 11.8. The second-order valence-corrected chi connectivity index (χ2v) is 4.78. The van der Waals surface area contributed by atoms with Gasteiger partial charge in [0, 0.05) is 0 Å². The minimum atomic E-state index is 0.00891. The first-order valence-electron chi connectivity index (χ1n) is 5.92. The predicted octanol–water partition coefficient (Wildman–Crippen LogP) is 3.41. The third-order valence-electron chi connectivity index (χ3n) is 3.48. The monoisotopic (exact) mass is 248 g/mol. The number of hydrogen-bond acceptors (Lipinski definition) is 2. The zero-order valence-electron chi connectivity index (χ0n) is 9.46. The van der Waals surface area contributed by atoms with Gasteiger partial charge >= 0.3 is 0 Å². The maximum absolute atomic E-state index is 12.1. The van der Waals surface area contributed by atoms with Crippen LogP contribution in [0, 0.1) is 0 Å². The second kappa shape index (κ2) is 4.19. The van der Waals surface area contributed by atoms with E-state index in [1.807, 2.05) is 6.07 Å². The highest BCUT2D eigenvalue weighted by molar-refractivity contribution is 6.17. The number of fused-ring (bicyclic) bond motifs is 3. The minimum absolute atomic E-state index is 0.00891. The summed E-state index contributed by atoms with van der Waals surface area (Å²) >= 11 is 5.72. The molecule has 0 radical (unpaired) electrons. The molecule has 0 saturated heterocycles. The highest BCUT2D eigenvalue weighted by Crippen LogP contribution is 2.28. The molecule has 17 heavy (non-hydrogen) atoms. The van der Waals surface area contributed by atoms with Gasteiger partial charge in [-0.1, -0.05) is 6.07 Å². The lowest BCUT2D eigenvalue weighted by molar-refractivity contribution is 0.582. The highest BCUT2D eigenvalue weighted by atomic mass is 35.5. The zero-order valence-corrected chi connectivity index (χ0v) is 10.2. The molecule has 0 amide bonds. The molecule has 1 aromatic carbocycles. The van der Waals surface area contributed by atoms with E-state index in [1.165, 1.54) is 30.2 Å². The smallest absolute Gasteiger partial charge is 0.197 e. The van der Waals surface area contributed by atoms with Gasteiger partial charge in [-0.15, -0.1) is 11.6 Å². The topological polar surface area (TPSA) is 30.2 Å². The van der Waals surface area contributed by atoms with Crippen molar-refractivity contribution in [2.75, 3.05) is 0 Å². The van der Waals surface area contributed by atoms with Gasteiger partial charge in [-0.3, -0.25) is 4.79 Å². The molecule has 1 aromatic heterocycles. The predicted molar refractivity (Wildman–Crippen MR) is 68.7 cm³/mol. The standard InChI is InChI=1S/C14H13ClO2/c15-7-10-8-17-14-11-4-2-1-3-9(11)5-6-12(14)13(10)16/h5-6,8H,1-4,7H2. The van der Waals surface area contributed by atoms with Crippen LogP contribution in [0.15, 0.2) is 27.6 Å². The second-order valence-electron chi connectivity index (χ2n) is 4.51.